The van der Waals surface area contributed by atoms with E-state index in [1.165, 1.54) is 6.42 Å². The van der Waals surface area contributed by atoms with Gasteiger partial charge in [-0.25, -0.2) is 4.68 Å². The third kappa shape index (κ3) is 2.18. The molecule has 106 valence electrons. The van der Waals surface area contributed by atoms with E-state index < -0.39 is 0 Å². The molecule has 1 aliphatic carbocycles. The molecule has 1 aromatic heterocycles. The summed E-state index contributed by atoms with van der Waals surface area (Å²) in [5.41, 5.74) is 2.61. The lowest BCUT2D eigenvalue weighted by Crippen LogP contribution is -2.16. The van der Waals surface area contributed by atoms with Gasteiger partial charge in [-0.2, -0.15) is 0 Å². The molecule has 0 atom stereocenters. The van der Waals surface area contributed by atoms with Crippen molar-refractivity contribution in [3.05, 3.63) is 35.7 Å². The Morgan fingerprint density at radius 3 is 2.80 bits per heavy atom. The van der Waals surface area contributed by atoms with Crippen LogP contribution in [-0.2, 0) is 6.61 Å². The molecule has 1 fully saturated rings. The van der Waals surface area contributed by atoms with Crippen molar-refractivity contribution >= 4 is 0 Å². The summed E-state index contributed by atoms with van der Waals surface area (Å²) in [6.45, 7) is 2.50. The number of hydrogen-bond acceptors (Lipinski definition) is 4. The van der Waals surface area contributed by atoms with Gasteiger partial charge in [-0.1, -0.05) is 23.8 Å². The van der Waals surface area contributed by atoms with Gasteiger partial charge in [0.2, 0.25) is 0 Å². The lowest BCUT2D eigenvalue weighted by Gasteiger charge is -2.26. The van der Waals surface area contributed by atoms with Crippen LogP contribution in [0.4, 0.5) is 0 Å². The normalized spacial score (nSPS) is 15.1. The molecule has 2 aromatic rings. The van der Waals surface area contributed by atoms with Crippen molar-refractivity contribution in [2.45, 2.75) is 38.7 Å². The van der Waals surface area contributed by atoms with Gasteiger partial charge in [0, 0.05) is 5.92 Å². The van der Waals surface area contributed by atoms with Crippen molar-refractivity contribution in [3.8, 4) is 11.4 Å². The predicted molar refractivity (Wildman–Crippen MR) is 75.0 cm³/mol. The number of aliphatic hydroxyl groups excluding tert-OH is 1. The highest BCUT2D eigenvalue weighted by molar-refractivity contribution is 5.47. The van der Waals surface area contributed by atoms with Gasteiger partial charge in [-0.3, -0.25) is 0 Å². The Labute approximate surface area is 118 Å². The molecule has 1 aliphatic rings. The van der Waals surface area contributed by atoms with E-state index in [0.29, 0.717) is 18.2 Å². The van der Waals surface area contributed by atoms with Crippen LogP contribution in [0, 0.1) is 0 Å². The molecule has 0 spiro atoms. The Balaban J connectivity index is 2.07. The number of para-hydroxylation sites is 2. The number of rotatable bonds is 5. The van der Waals surface area contributed by atoms with Gasteiger partial charge < -0.3 is 9.84 Å². The van der Waals surface area contributed by atoms with Crippen LogP contribution in [0.5, 0.6) is 5.75 Å². The molecule has 1 N–H and O–H groups in total. The van der Waals surface area contributed by atoms with E-state index in [-0.39, 0.29) is 6.61 Å². The number of aromatic nitrogens is 3. The van der Waals surface area contributed by atoms with Crippen LogP contribution in [0.15, 0.2) is 24.3 Å². The summed E-state index contributed by atoms with van der Waals surface area (Å²) in [5, 5.41) is 17.8. The van der Waals surface area contributed by atoms with Crippen LogP contribution in [0.2, 0.25) is 0 Å². The van der Waals surface area contributed by atoms with E-state index in [9.17, 15) is 5.11 Å². The lowest BCUT2D eigenvalue weighted by atomic mass is 9.82. The maximum atomic E-state index is 9.47. The first-order valence-electron chi connectivity index (χ1n) is 7.12. The van der Waals surface area contributed by atoms with Gasteiger partial charge in [0.1, 0.15) is 17.1 Å². The molecule has 5 heteroatoms. The molecule has 1 aromatic carbocycles. The molecule has 1 saturated carbocycles. The second-order valence-electron chi connectivity index (χ2n) is 5.02. The van der Waals surface area contributed by atoms with Crippen LogP contribution in [-0.4, -0.2) is 26.7 Å². The topological polar surface area (TPSA) is 60.2 Å². The molecular weight excluding hydrogens is 254 g/mol. The first-order chi connectivity index (χ1) is 9.85. The Kier molecular flexibility index (Phi) is 3.69. The van der Waals surface area contributed by atoms with Crippen molar-refractivity contribution in [2.24, 2.45) is 0 Å². The first-order valence-corrected chi connectivity index (χ1v) is 7.12. The molecule has 0 aliphatic heterocycles. The van der Waals surface area contributed by atoms with Crippen molar-refractivity contribution in [3.63, 3.8) is 0 Å². The van der Waals surface area contributed by atoms with Gasteiger partial charge in [-0.15, -0.1) is 5.10 Å². The SMILES string of the molecule is CCOc1ccccc1-n1nnc(CO)c1C1CCC1. The van der Waals surface area contributed by atoms with Crippen LogP contribution >= 0.6 is 0 Å². The summed E-state index contributed by atoms with van der Waals surface area (Å²) in [6, 6.07) is 7.82. The first kappa shape index (κ1) is 13.1. The summed E-state index contributed by atoms with van der Waals surface area (Å²) in [4.78, 5) is 0. The molecule has 0 bridgehead atoms. The maximum absolute atomic E-state index is 9.47. The molecule has 0 amide bonds. The standard InChI is InChI=1S/C15H19N3O2/c1-2-20-14-9-4-3-8-13(14)18-15(11-6-5-7-11)12(10-19)16-17-18/h3-4,8-9,11,19H,2,5-7,10H2,1H3. The molecule has 0 radical (unpaired) electrons. The molecule has 5 nitrogen and oxygen atoms in total. The van der Waals surface area contributed by atoms with E-state index in [1.54, 1.807) is 0 Å². The number of benzene rings is 1. The summed E-state index contributed by atoms with van der Waals surface area (Å²) in [6.07, 6.45) is 3.50. The van der Waals surface area contributed by atoms with Gasteiger partial charge in [0.05, 0.1) is 18.9 Å². The Morgan fingerprint density at radius 2 is 2.15 bits per heavy atom. The summed E-state index contributed by atoms with van der Waals surface area (Å²) in [5.74, 6) is 1.24. The maximum Gasteiger partial charge on any atom is 0.145 e. The monoisotopic (exact) mass is 273 g/mol. The van der Waals surface area contributed by atoms with E-state index >= 15 is 0 Å². The highest BCUT2D eigenvalue weighted by Gasteiger charge is 2.28. The van der Waals surface area contributed by atoms with E-state index in [0.717, 1.165) is 30.0 Å². The number of ether oxygens (including phenoxy) is 1. The van der Waals surface area contributed by atoms with Crippen LogP contribution in [0.25, 0.3) is 5.69 Å². The molecule has 0 unspecified atom stereocenters. The zero-order chi connectivity index (χ0) is 13.9. The van der Waals surface area contributed by atoms with Gasteiger partial charge in [0.15, 0.2) is 0 Å². The highest BCUT2D eigenvalue weighted by atomic mass is 16.5. The predicted octanol–water partition coefficient (Wildman–Crippen LogP) is 2.43. The van der Waals surface area contributed by atoms with Crippen molar-refractivity contribution in [1.29, 1.82) is 0 Å². The summed E-state index contributed by atoms with van der Waals surface area (Å²) >= 11 is 0. The number of hydrogen-bond donors (Lipinski definition) is 1. The van der Waals surface area contributed by atoms with Crippen molar-refractivity contribution in [1.82, 2.24) is 15.0 Å². The highest BCUT2D eigenvalue weighted by Crippen LogP contribution is 2.39. The minimum Gasteiger partial charge on any atom is -0.492 e. The second-order valence-corrected chi connectivity index (χ2v) is 5.02. The van der Waals surface area contributed by atoms with E-state index in [4.69, 9.17) is 4.74 Å². The number of aliphatic hydroxyl groups is 1. The Hall–Kier alpha value is -1.88. The van der Waals surface area contributed by atoms with E-state index in [2.05, 4.69) is 10.3 Å². The summed E-state index contributed by atoms with van der Waals surface area (Å²) < 4.78 is 7.50. The fourth-order valence-corrected chi connectivity index (χ4v) is 2.61. The minimum atomic E-state index is -0.0668. The zero-order valence-corrected chi connectivity index (χ0v) is 11.6. The molecule has 1 heterocycles. The smallest absolute Gasteiger partial charge is 0.145 e. The molecular formula is C15H19N3O2. The van der Waals surface area contributed by atoms with E-state index in [1.807, 2.05) is 35.9 Å². The van der Waals surface area contributed by atoms with Crippen molar-refractivity contribution in [2.75, 3.05) is 6.61 Å². The average Bonchev–Trinajstić information content (AvgIpc) is 2.81. The fourth-order valence-electron chi connectivity index (χ4n) is 2.61. The third-order valence-electron chi connectivity index (χ3n) is 3.81. The quantitative estimate of drug-likeness (QED) is 0.909. The van der Waals surface area contributed by atoms with Gasteiger partial charge in [-0.05, 0) is 31.9 Å². The van der Waals surface area contributed by atoms with Crippen LogP contribution in [0.1, 0.15) is 43.5 Å². The fraction of sp³-hybridized carbons (Fsp3) is 0.467. The third-order valence-corrected chi connectivity index (χ3v) is 3.81. The average molecular weight is 273 g/mol. The minimum absolute atomic E-state index is 0.0668. The van der Waals surface area contributed by atoms with Gasteiger partial charge >= 0.3 is 0 Å². The molecule has 20 heavy (non-hydrogen) atoms. The Morgan fingerprint density at radius 1 is 1.35 bits per heavy atom. The number of nitrogens with zero attached hydrogens (tertiary/aromatic N) is 3. The largest absolute Gasteiger partial charge is 0.492 e. The molecule has 0 saturated heterocycles. The summed E-state index contributed by atoms with van der Waals surface area (Å²) in [7, 11) is 0. The van der Waals surface area contributed by atoms with Crippen LogP contribution in [0.3, 0.4) is 0 Å². The Bertz CT molecular complexity index is 591. The second kappa shape index (κ2) is 5.63. The van der Waals surface area contributed by atoms with Crippen molar-refractivity contribution < 1.29 is 9.84 Å². The van der Waals surface area contributed by atoms with Crippen LogP contribution < -0.4 is 4.74 Å². The molecule has 3 rings (SSSR count). The zero-order valence-electron chi connectivity index (χ0n) is 11.6. The lowest BCUT2D eigenvalue weighted by molar-refractivity contribution is 0.272. The van der Waals surface area contributed by atoms with Gasteiger partial charge in [0.25, 0.3) is 0 Å².